The number of nitrogens with zero attached hydrogens (tertiary/aromatic N) is 1. The third-order valence-electron chi connectivity index (χ3n) is 16.2. The molecule has 6 unspecified atom stereocenters. The molecule has 1 aliphatic heterocycles. The third kappa shape index (κ3) is 4.35. The van der Waals surface area contributed by atoms with Crippen LogP contribution in [0, 0.1) is 29.1 Å². The van der Waals surface area contributed by atoms with Gasteiger partial charge in [-0.1, -0.05) is 143 Å². The Bertz CT molecular complexity index is 2550. The Morgan fingerprint density at radius 1 is 0.518 bits per heavy atom. The highest BCUT2D eigenvalue weighted by atomic mass is 32.2. The second-order valence-electron chi connectivity index (χ2n) is 19.6. The zero-order valence-corrected chi connectivity index (χ0v) is 34.0. The molecule has 6 atom stereocenters. The molecule has 6 aliphatic rings. The number of benzene rings is 6. The summed E-state index contributed by atoms with van der Waals surface area (Å²) in [6, 6.07) is 53.6. The van der Waals surface area contributed by atoms with Gasteiger partial charge in [-0.05, 0) is 159 Å². The lowest BCUT2D eigenvalue weighted by atomic mass is 9.26. The average molecular weight is 746 g/mol. The Balaban J connectivity index is 1.05. The van der Waals surface area contributed by atoms with E-state index in [9.17, 15) is 0 Å². The molecule has 2 spiro atoms. The van der Waals surface area contributed by atoms with Crippen LogP contribution in [0.15, 0.2) is 149 Å². The van der Waals surface area contributed by atoms with Crippen molar-refractivity contribution in [2.45, 2.75) is 92.3 Å². The third-order valence-corrected chi connectivity index (χ3v) is 17.3. The maximum atomic E-state index is 2.61. The second-order valence-corrected chi connectivity index (χ2v) is 20.7. The van der Waals surface area contributed by atoms with E-state index in [1.807, 2.05) is 11.8 Å². The molecular weight excluding hydrogens is 695 g/mol. The predicted molar refractivity (Wildman–Crippen MR) is 233 cm³/mol. The van der Waals surface area contributed by atoms with Crippen LogP contribution >= 0.6 is 11.8 Å². The summed E-state index contributed by atoms with van der Waals surface area (Å²) in [6.45, 7) is 9.85. The minimum absolute atomic E-state index is 0.0618. The molecule has 1 heterocycles. The van der Waals surface area contributed by atoms with E-state index < -0.39 is 0 Å². The summed E-state index contributed by atoms with van der Waals surface area (Å²) in [5, 5.41) is 0. The van der Waals surface area contributed by atoms with E-state index in [1.54, 1.807) is 11.1 Å². The number of rotatable bonds is 5. The highest BCUT2D eigenvalue weighted by Gasteiger charge is 2.84. The maximum Gasteiger partial charge on any atom is 0.0502 e. The summed E-state index contributed by atoms with van der Waals surface area (Å²) in [6.07, 6.45) is 8.20. The van der Waals surface area contributed by atoms with Gasteiger partial charge in [-0.15, -0.1) is 0 Å². The van der Waals surface area contributed by atoms with Gasteiger partial charge < -0.3 is 4.90 Å². The van der Waals surface area contributed by atoms with Crippen molar-refractivity contribution in [3.8, 4) is 22.3 Å². The zero-order chi connectivity index (χ0) is 37.6. The van der Waals surface area contributed by atoms with Gasteiger partial charge in [0.15, 0.2) is 0 Å². The van der Waals surface area contributed by atoms with E-state index in [2.05, 4.69) is 172 Å². The molecule has 4 fully saturated rings. The van der Waals surface area contributed by atoms with Crippen molar-refractivity contribution in [2.75, 3.05) is 4.90 Å². The van der Waals surface area contributed by atoms with Gasteiger partial charge in [0.25, 0.3) is 0 Å². The van der Waals surface area contributed by atoms with Crippen LogP contribution in [0.5, 0.6) is 0 Å². The van der Waals surface area contributed by atoms with Crippen LogP contribution in [0.1, 0.15) is 88.5 Å². The van der Waals surface area contributed by atoms with Crippen LogP contribution in [-0.4, -0.2) is 0 Å². The van der Waals surface area contributed by atoms with E-state index in [0.29, 0.717) is 5.41 Å². The zero-order valence-electron chi connectivity index (χ0n) is 33.2. The molecule has 5 aliphatic carbocycles. The van der Waals surface area contributed by atoms with Crippen LogP contribution < -0.4 is 4.90 Å². The Morgan fingerprint density at radius 3 is 1.86 bits per heavy atom. The Kier molecular flexibility index (Phi) is 6.92. The van der Waals surface area contributed by atoms with Gasteiger partial charge in [-0.2, -0.15) is 0 Å². The van der Waals surface area contributed by atoms with Crippen molar-refractivity contribution in [1.29, 1.82) is 0 Å². The van der Waals surface area contributed by atoms with Crippen LogP contribution in [0.2, 0.25) is 0 Å². The molecule has 2 heteroatoms. The fourth-order valence-corrected chi connectivity index (χ4v) is 15.1. The lowest BCUT2D eigenvalue weighted by molar-refractivity contribution is -0.235. The molecule has 4 saturated carbocycles. The lowest BCUT2D eigenvalue weighted by Gasteiger charge is -2.78. The van der Waals surface area contributed by atoms with Crippen LogP contribution in [0.4, 0.5) is 17.1 Å². The molecule has 12 rings (SSSR count). The topological polar surface area (TPSA) is 3.24 Å². The summed E-state index contributed by atoms with van der Waals surface area (Å²) >= 11 is 2.04. The van der Waals surface area contributed by atoms with Crippen LogP contribution in [0.25, 0.3) is 22.3 Å². The first-order chi connectivity index (χ1) is 27.2. The maximum absolute atomic E-state index is 2.61. The Labute approximate surface area is 337 Å². The van der Waals surface area contributed by atoms with E-state index in [0.717, 1.165) is 23.7 Å². The summed E-state index contributed by atoms with van der Waals surface area (Å²) in [5.41, 5.74) is 16.1. The molecule has 0 N–H and O–H groups in total. The molecule has 6 aromatic rings. The van der Waals surface area contributed by atoms with Crippen molar-refractivity contribution >= 4 is 28.8 Å². The largest absolute Gasteiger partial charge is 0.310 e. The van der Waals surface area contributed by atoms with E-state index >= 15 is 0 Å². The smallest absolute Gasteiger partial charge is 0.0502 e. The summed E-state index contributed by atoms with van der Waals surface area (Å²) in [7, 11) is 0. The fraction of sp³-hybridized carbons (Fsp3) is 0.333. The van der Waals surface area contributed by atoms with Crippen molar-refractivity contribution in [2.24, 2.45) is 29.1 Å². The van der Waals surface area contributed by atoms with Gasteiger partial charge in [0.2, 0.25) is 0 Å². The van der Waals surface area contributed by atoms with Crippen molar-refractivity contribution in [3.05, 3.63) is 162 Å². The summed E-state index contributed by atoms with van der Waals surface area (Å²) in [5.74, 6) is 3.45. The van der Waals surface area contributed by atoms with Crippen LogP contribution in [-0.2, 0) is 16.2 Å². The minimum atomic E-state index is 0.0618. The molecule has 2 bridgehead atoms. The molecule has 1 nitrogen and oxygen atoms in total. The quantitative estimate of drug-likeness (QED) is 0.173. The first kappa shape index (κ1) is 33.6. The number of anilines is 3. The highest BCUT2D eigenvalue weighted by molar-refractivity contribution is 7.99. The molecule has 0 radical (unpaired) electrons. The van der Waals surface area contributed by atoms with E-state index in [1.165, 1.54) is 98.8 Å². The summed E-state index contributed by atoms with van der Waals surface area (Å²) < 4.78 is 0. The Morgan fingerprint density at radius 2 is 1.12 bits per heavy atom. The van der Waals surface area contributed by atoms with Gasteiger partial charge >= 0.3 is 0 Å². The van der Waals surface area contributed by atoms with Gasteiger partial charge in [0, 0.05) is 26.6 Å². The van der Waals surface area contributed by atoms with Gasteiger partial charge in [-0.3, -0.25) is 0 Å². The number of hydrogen-bond donors (Lipinski definition) is 0. The van der Waals surface area contributed by atoms with Crippen molar-refractivity contribution in [3.63, 3.8) is 0 Å². The Hall–Kier alpha value is -4.53. The van der Waals surface area contributed by atoms with Gasteiger partial charge in [0.1, 0.15) is 0 Å². The van der Waals surface area contributed by atoms with E-state index in [-0.39, 0.29) is 16.2 Å². The summed E-state index contributed by atoms with van der Waals surface area (Å²) in [4.78, 5) is 5.56. The second kappa shape index (κ2) is 11.5. The highest BCUT2D eigenvalue weighted by Crippen LogP contribution is 2.89. The molecule has 0 saturated heterocycles. The predicted octanol–water partition coefficient (Wildman–Crippen LogP) is 14.7. The molecular formula is C54H51NS. The normalized spacial score (nSPS) is 29.0. The van der Waals surface area contributed by atoms with Gasteiger partial charge in [0.05, 0.1) is 5.69 Å². The SMILES string of the molecule is CC1(C)CCC(C)(C)c2c(N(c3ccc(-c4ccccc4)cc3)c3ccc4c(c3)Sc3cc(-c5ccccc5)ccc3C43C4CC5CC6CC3C64C5)cccc21. The minimum Gasteiger partial charge on any atom is -0.310 e. The fourth-order valence-electron chi connectivity index (χ4n) is 13.8. The van der Waals surface area contributed by atoms with Crippen molar-refractivity contribution in [1.82, 2.24) is 0 Å². The molecule has 56 heavy (non-hydrogen) atoms. The average Bonchev–Trinajstić information content (AvgIpc) is 3.76. The first-order valence-corrected chi connectivity index (χ1v) is 22.1. The van der Waals surface area contributed by atoms with Gasteiger partial charge in [-0.25, -0.2) is 0 Å². The first-order valence-electron chi connectivity index (χ1n) is 21.3. The number of hydrogen-bond acceptors (Lipinski definition) is 2. The standard InChI is InChI=1S/C54H51NS/c1-51(2)26-27-52(3,4)50-44(51)16-11-17-45(50)55(40-21-18-37(19-22-40)35-12-7-5-8-13-35)41-23-25-43-47(32-41)56-46-30-38(36-14-9-6-10-15-36)20-24-42(46)54(43)48-29-34-28-39-31-49(54)53(39,48)33-34/h5-25,30,32,34,39,48-49H,26-29,31,33H2,1-4H3. The molecule has 6 aromatic carbocycles. The molecule has 278 valence electrons. The molecule has 0 amide bonds. The number of fused-ring (bicyclic) bond motifs is 8. The lowest BCUT2D eigenvalue weighted by Crippen LogP contribution is -2.74. The van der Waals surface area contributed by atoms with Crippen molar-refractivity contribution < 1.29 is 0 Å². The monoisotopic (exact) mass is 745 g/mol. The van der Waals surface area contributed by atoms with Crippen LogP contribution in [0.3, 0.4) is 0 Å². The molecule has 0 aromatic heterocycles. The van der Waals surface area contributed by atoms with E-state index in [4.69, 9.17) is 0 Å².